The predicted octanol–water partition coefficient (Wildman–Crippen LogP) is 1.22. The molecule has 1 aromatic rings. The molecule has 2 heterocycles. The van der Waals surface area contributed by atoms with E-state index in [1.54, 1.807) is 0 Å². The van der Waals surface area contributed by atoms with Crippen LogP contribution in [0.5, 0.6) is 0 Å². The molecule has 0 radical (unpaired) electrons. The molecule has 1 saturated heterocycles. The first kappa shape index (κ1) is 12.1. The van der Waals surface area contributed by atoms with Gasteiger partial charge in [-0.15, -0.1) is 11.3 Å². The van der Waals surface area contributed by atoms with E-state index in [1.807, 2.05) is 0 Å². The molecule has 2 aliphatic rings. The summed E-state index contributed by atoms with van der Waals surface area (Å²) in [6, 6.07) is 0. The number of amides is 1. The Labute approximate surface area is 110 Å². The second-order valence-electron chi connectivity index (χ2n) is 5.05. The summed E-state index contributed by atoms with van der Waals surface area (Å²) in [6.07, 6.45) is 4.85. The van der Waals surface area contributed by atoms with Crippen molar-refractivity contribution in [3.05, 3.63) is 15.6 Å². The molecule has 0 atom stereocenters. The Hall–Kier alpha value is -0.980. The Morgan fingerprint density at radius 3 is 2.78 bits per heavy atom. The highest BCUT2D eigenvalue weighted by Gasteiger charge is 2.32. The molecule has 2 fully saturated rings. The van der Waals surface area contributed by atoms with Crippen LogP contribution >= 0.6 is 11.3 Å². The normalized spacial score (nSPS) is 20.3. The second-order valence-corrected chi connectivity index (χ2v) is 6.14. The van der Waals surface area contributed by atoms with Gasteiger partial charge in [-0.05, 0) is 38.8 Å². The van der Waals surface area contributed by atoms with E-state index in [-0.39, 0.29) is 5.91 Å². The molecule has 3 N–H and O–H groups in total. The summed E-state index contributed by atoms with van der Waals surface area (Å²) in [4.78, 5) is 19.5. The molecular weight excluding hydrogens is 248 g/mol. The van der Waals surface area contributed by atoms with Crippen molar-refractivity contribution in [2.24, 2.45) is 5.84 Å². The van der Waals surface area contributed by atoms with Gasteiger partial charge >= 0.3 is 0 Å². The van der Waals surface area contributed by atoms with E-state index in [0.717, 1.165) is 43.2 Å². The zero-order chi connectivity index (χ0) is 12.5. The number of carbonyl (C=O) groups excluding carboxylic acids is 1. The molecule has 0 aromatic carbocycles. The van der Waals surface area contributed by atoms with Crippen molar-refractivity contribution in [3.8, 4) is 0 Å². The lowest BCUT2D eigenvalue weighted by Gasteiger charge is -2.11. The first-order chi connectivity index (χ1) is 8.78. The third kappa shape index (κ3) is 2.41. The maximum atomic E-state index is 11.7. The van der Waals surface area contributed by atoms with Crippen LogP contribution in [0.4, 0.5) is 0 Å². The standard InChI is InChI=1S/C12H18N4OS/c13-15-12(17)11-10(8-3-4-8)14-9(18-11)7-16-5-1-2-6-16/h8H,1-7,13H2,(H,15,17). The second kappa shape index (κ2) is 4.95. The number of aromatic nitrogens is 1. The van der Waals surface area contributed by atoms with E-state index in [4.69, 9.17) is 5.84 Å². The van der Waals surface area contributed by atoms with Gasteiger partial charge in [0, 0.05) is 5.92 Å². The SMILES string of the molecule is NNC(=O)c1sc(CN2CCCC2)nc1C1CC1. The number of nitrogens with zero attached hydrogens (tertiary/aromatic N) is 2. The van der Waals surface area contributed by atoms with E-state index < -0.39 is 0 Å². The van der Waals surface area contributed by atoms with Crippen LogP contribution < -0.4 is 11.3 Å². The van der Waals surface area contributed by atoms with Gasteiger partial charge in [0.25, 0.3) is 5.91 Å². The predicted molar refractivity (Wildman–Crippen MR) is 70.3 cm³/mol. The third-order valence-electron chi connectivity index (χ3n) is 3.56. The minimum absolute atomic E-state index is 0.193. The average Bonchev–Trinajstić information content (AvgIpc) is 2.94. The minimum atomic E-state index is -0.193. The first-order valence-corrected chi connectivity index (χ1v) is 7.32. The van der Waals surface area contributed by atoms with Gasteiger partial charge in [0.2, 0.25) is 0 Å². The van der Waals surface area contributed by atoms with Gasteiger partial charge in [-0.25, -0.2) is 10.8 Å². The molecule has 1 aliphatic carbocycles. The van der Waals surface area contributed by atoms with Crippen LogP contribution in [0, 0.1) is 0 Å². The summed E-state index contributed by atoms with van der Waals surface area (Å²) in [6.45, 7) is 3.18. The lowest BCUT2D eigenvalue weighted by molar-refractivity contribution is 0.0956. The van der Waals surface area contributed by atoms with Crippen molar-refractivity contribution in [2.45, 2.75) is 38.1 Å². The van der Waals surface area contributed by atoms with Gasteiger partial charge in [0.15, 0.2) is 0 Å². The lowest BCUT2D eigenvalue weighted by atomic mass is 10.2. The number of nitrogens with one attached hydrogen (secondary N) is 1. The molecule has 1 aliphatic heterocycles. The number of thiazole rings is 1. The van der Waals surface area contributed by atoms with Crippen molar-refractivity contribution in [1.29, 1.82) is 0 Å². The number of hydrazine groups is 1. The Morgan fingerprint density at radius 2 is 2.17 bits per heavy atom. The van der Waals surface area contributed by atoms with Gasteiger partial charge < -0.3 is 0 Å². The first-order valence-electron chi connectivity index (χ1n) is 6.51. The maximum Gasteiger partial charge on any atom is 0.277 e. The number of nitrogen functional groups attached to an aromatic ring is 1. The number of rotatable bonds is 4. The zero-order valence-electron chi connectivity index (χ0n) is 10.3. The van der Waals surface area contributed by atoms with Gasteiger partial charge in [0.05, 0.1) is 12.2 Å². The summed E-state index contributed by atoms with van der Waals surface area (Å²) in [5, 5.41) is 1.05. The number of likely N-dealkylation sites (tertiary alicyclic amines) is 1. The molecular formula is C12H18N4OS. The molecule has 5 nitrogen and oxygen atoms in total. The van der Waals surface area contributed by atoms with Crippen molar-refractivity contribution >= 4 is 17.2 Å². The third-order valence-corrected chi connectivity index (χ3v) is 4.61. The van der Waals surface area contributed by atoms with E-state index >= 15 is 0 Å². The van der Waals surface area contributed by atoms with E-state index in [1.165, 1.54) is 24.2 Å². The van der Waals surface area contributed by atoms with Crippen LogP contribution in [-0.4, -0.2) is 28.9 Å². The largest absolute Gasteiger partial charge is 0.297 e. The minimum Gasteiger partial charge on any atom is -0.297 e. The summed E-state index contributed by atoms with van der Waals surface area (Å²) >= 11 is 1.50. The van der Waals surface area contributed by atoms with Crippen molar-refractivity contribution in [1.82, 2.24) is 15.3 Å². The molecule has 3 rings (SSSR count). The fraction of sp³-hybridized carbons (Fsp3) is 0.667. The summed E-state index contributed by atoms with van der Waals surface area (Å²) in [5.74, 6) is 5.53. The molecule has 1 amide bonds. The smallest absolute Gasteiger partial charge is 0.277 e. The van der Waals surface area contributed by atoms with Crippen LogP contribution in [0.1, 0.15) is 52.0 Å². The Morgan fingerprint density at radius 1 is 1.44 bits per heavy atom. The summed E-state index contributed by atoms with van der Waals surface area (Å²) in [7, 11) is 0. The molecule has 0 bridgehead atoms. The van der Waals surface area contributed by atoms with E-state index in [9.17, 15) is 4.79 Å². The lowest BCUT2D eigenvalue weighted by Crippen LogP contribution is -2.30. The molecule has 6 heteroatoms. The van der Waals surface area contributed by atoms with Crippen LogP contribution in [0.2, 0.25) is 0 Å². The van der Waals surface area contributed by atoms with Crippen LogP contribution in [-0.2, 0) is 6.54 Å². The van der Waals surface area contributed by atoms with Crippen LogP contribution in [0.15, 0.2) is 0 Å². The molecule has 1 saturated carbocycles. The van der Waals surface area contributed by atoms with Crippen LogP contribution in [0.25, 0.3) is 0 Å². The Kier molecular flexibility index (Phi) is 3.32. The monoisotopic (exact) mass is 266 g/mol. The highest BCUT2D eigenvalue weighted by molar-refractivity contribution is 7.13. The quantitative estimate of drug-likeness (QED) is 0.488. The Bertz CT molecular complexity index is 449. The van der Waals surface area contributed by atoms with Crippen molar-refractivity contribution in [3.63, 3.8) is 0 Å². The topological polar surface area (TPSA) is 71.2 Å². The Balaban J connectivity index is 1.79. The van der Waals surface area contributed by atoms with Gasteiger partial charge in [-0.3, -0.25) is 15.1 Å². The number of hydrogen-bond donors (Lipinski definition) is 2. The summed E-state index contributed by atoms with van der Waals surface area (Å²) in [5.41, 5.74) is 3.20. The van der Waals surface area contributed by atoms with Crippen molar-refractivity contribution in [2.75, 3.05) is 13.1 Å². The van der Waals surface area contributed by atoms with Crippen molar-refractivity contribution < 1.29 is 4.79 Å². The summed E-state index contributed by atoms with van der Waals surface area (Å²) < 4.78 is 0. The van der Waals surface area contributed by atoms with Gasteiger partial charge in [-0.2, -0.15) is 0 Å². The molecule has 98 valence electrons. The zero-order valence-corrected chi connectivity index (χ0v) is 11.1. The number of hydrogen-bond acceptors (Lipinski definition) is 5. The van der Waals surface area contributed by atoms with Gasteiger partial charge in [0.1, 0.15) is 9.88 Å². The molecule has 0 spiro atoms. The highest BCUT2D eigenvalue weighted by Crippen LogP contribution is 2.42. The maximum absolute atomic E-state index is 11.7. The number of nitrogens with two attached hydrogens (primary N) is 1. The molecule has 18 heavy (non-hydrogen) atoms. The van der Waals surface area contributed by atoms with Gasteiger partial charge in [-0.1, -0.05) is 0 Å². The molecule has 0 unspecified atom stereocenters. The fourth-order valence-electron chi connectivity index (χ4n) is 2.44. The van der Waals surface area contributed by atoms with E-state index in [2.05, 4.69) is 15.3 Å². The fourth-order valence-corrected chi connectivity index (χ4v) is 3.53. The molecule has 1 aromatic heterocycles. The van der Waals surface area contributed by atoms with Crippen LogP contribution in [0.3, 0.4) is 0 Å². The van der Waals surface area contributed by atoms with E-state index in [0.29, 0.717) is 10.8 Å². The highest BCUT2D eigenvalue weighted by atomic mass is 32.1. The average molecular weight is 266 g/mol. The number of carbonyl (C=O) groups is 1.